The lowest BCUT2D eigenvalue weighted by Gasteiger charge is -2.28. The lowest BCUT2D eigenvalue weighted by atomic mass is 10.1. The van der Waals surface area contributed by atoms with Crippen molar-refractivity contribution in [1.82, 2.24) is 14.7 Å². The molecule has 29 heavy (non-hydrogen) atoms. The zero-order valence-corrected chi connectivity index (χ0v) is 17.2. The molecule has 1 N–H and O–H groups in total. The van der Waals surface area contributed by atoms with Gasteiger partial charge in [-0.25, -0.2) is 14.4 Å². The first-order valence-corrected chi connectivity index (χ1v) is 10.1. The summed E-state index contributed by atoms with van der Waals surface area (Å²) in [5.41, 5.74) is 0.776. The summed E-state index contributed by atoms with van der Waals surface area (Å²) in [5, 5.41) is 9.37. The Labute approximate surface area is 172 Å². The fourth-order valence-electron chi connectivity index (χ4n) is 3.21. The second kappa shape index (κ2) is 11.3. The highest BCUT2D eigenvalue weighted by Crippen LogP contribution is 2.12. The number of hydrogen-bond donors (Lipinski definition) is 1. The minimum Gasteiger partial charge on any atom is -0.478 e. The van der Waals surface area contributed by atoms with Gasteiger partial charge in [-0.2, -0.15) is 0 Å². The highest BCUT2D eigenvalue weighted by Gasteiger charge is 2.25. The summed E-state index contributed by atoms with van der Waals surface area (Å²) in [6, 6.07) is 8.98. The number of benzene rings is 1. The van der Waals surface area contributed by atoms with E-state index in [9.17, 15) is 19.5 Å². The minimum atomic E-state index is -1.26. The number of carbonyl (C=O) groups excluding carboxylic acids is 2. The normalized spacial score (nSPS) is 15.2. The van der Waals surface area contributed by atoms with Crippen LogP contribution >= 0.6 is 0 Å². The number of hydrogen-bond acceptors (Lipinski definition) is 4. The number of rotatable bonds is 7. The molecule has 1 fully saturated rings. The quantitative estimate of drug-likeness (QED) is 0.753. The van der Waals surface area contributed by atoms with E-state index in [0.717, 1.165) is 44.3 Å². The van der Waals surface area contributed by atoms with Crippen LogP contribution in [0, 0.1) is 0 Å². The van der Waals surface area contributed by atoms with Gasteiger partial charge < -0.3 is 24.5 Å². The van der Waals surface area contributed by atoms with E-state index in [1.165, 1.54) is 11.9 Å². The Morgan fingerprint density at radius 2 is 1.59 bits per heavy atom. The molecular formula is C21H31N3O5. The van der Waals surface area contributed by atoms with E-state index in [1.807, 2.05) is 11.0 Å². The number of carboxylic acids is 1. The topological polar surface area (TPSA) is 90.4 Å². The number of amides is 3. The average Bonchev–Trinajstić information content (AvgIpc) is 3.00. The Morgan fingerprint density at radius 3 is 2.17 bits per heavy atom. The molecule has 0 aliphatic carbocycles. The maximum Gasteiger partial charge on any atom is 0.410 e. The second-order valence-electron chi connectivity index (χ2n) is 7.43. The molecule has 1 aliphatic rings. The van der Waals surface area contributed by atoms with Crippen molar-refractivity contribution in [2.75, 3.05) is 40.3 Å². The molecule has 1 aliphatic heterocycles. The molecule has 1 atom stereocenters. The van der Waals surface area contributed by atoms with E-state index in [0.29, 0.717) is 6.54 Å². The Morgan fingerprint density at radius 1 is 1.00 bits per heavy atom. The fourth-order valence-corrected chi connectivity index (χ4v) is 3.21. The summed E-state index contributed by atoms with van der Waals surface area (Å²) in [6.07, 6.45) is 2.45. The maximum atomic E-state index is 12.5. The van der Waals surface area contributed by atoms with Crippen molar-refractivity contribution in [3.63, 3.8) is 0 Å². The molecule has 1 aromatic rings. The van der Waals surface area contributed by atoms with E-state index in [1.54, 1.807) is 36.2 Å². The molecule has 2 rings (SSSR count). The first-order valence-electron chi connectivity index (χ1n) is 10.1. The Balaban J connectivity index is 1.82. The largest absolute Gasteiger partial charge is 0.478 e. The van der Waals surface area contributed by atoms with Gasteiger partial charge in [0.05, 0.1) is 0 Å². The first kappa shape index (κ1) is 22.5. The molecule has 1 aromatic carbocycles. The third-order valence-electron chi connectivity index (χ3n) is 5.07. The van der Waals surface area contributed by atoms with E-state index in [4.69, 9.17) is 4.74 Å². The first-order chi connectivity index (χ1) is 13.9. The molecule has 0 aromatic heterocycles. The summed E-state index contributed by atoms with van der Waals surface area (Å²) < 4.78 is 5.18. The van der Waals surface area contributed by atoms with Crippen LogP contribution in [0.4, 0.5) is 9.59 Å². The van der Waals surface area contributed by atoms with Crippen LogP contribution in [0.5, 0.6) is 0 Å². The number of ether oxygens (including phenoxy) is 1. The standard InChI is InChI=1S/C21H31N3O5/c1-22(20(27)24-12-8-3-4-9-13-24)14-15-23(2)21(28)29-18(19(25)26)16-17-10-6-5-7-11-17/h5-7,10-11,18H,3-4,8-9,12-16H2,1-2H3,(H,25,26)/t18-/m0/s1. The van der Waals surface area contributed by atoms with Gasteiger partial charge in [0.25, 0.3) is 0 Å². The van der Waals surface area contributed by atoms with Gasteiger partial charge in [-0.15, -0.1) is 0 Å². The van der Waals surface area contributed by atoms with Gasteiger partial charge in [0.15, 0.2) is 0 Å². The van der Waals surface area contributed by atoms with Crippen LogP contribution in [0.2, 0.25) is 0 Å². The highest BCUT2D eigenvalue weighted by atomic mass is 16.6. The molecule has 0 radical (unpaired) electrons. The van der Waals surface area contributed by atoms with E-state index in [-0.39, 0.29) is 19.0 Å². The lowest BCUT2D eigenvalue weighted by Crippen LogP contribution is -2.45. The number of carboxylic acid groups (broad SMARTS) is 1. The van der Waals surface area contributed by atoms with Crippen LogP contribution in [0.3, 0.4) is 0 Å². The second-order valence-corrected chi connectivity index (χ2v) is 7.43. The summed E-state index contributed by atoms with van der Waals surface area (Å²) in [4.78, 5) is 41.1. The van der Waals surface area contributed by atoms with Crippen molar-refractivity contribution in [1.29, 1.82) is 0 Å². The predicted molar refractivity (Wildman–Crippen MR) is 109 cm³/mol. The van der Waals surface area contributed by atoms with Crippen LogP contribution < -0.4 is 0 Å². The van der Waals surface area contributed by atoms with Crippen molar-refractivity contribution >= 4 is 18.1 Å². The predicted octanol–water partition coefficient (Wildman–Crippen LogP) is 2.68. The maximum absolute atomic E-state index is 12.5. The third-order valence-corrected chi connectivity index (χ3v) is 5.07. The smallest absolute Gasteiger partial charge is 0.410 e. The zero-order chi connectivity index (χ0) is 21.2. The summed E-state index contributed by atoms with van der Waals surface area (Å²) in [7, 11) is 3.25. The number of likely N-dealkylation sites (tertiary alicyclic amines) is 1. The Kier molecular flexibility index (Phi) is 8.76. The van der Waals surface area contributed by atoms with E-state index < -0.39 is 18.2 Å². The molecule has 8 nitrogen and oxygen atoms in total. The molecule has 0 unspecified atom stereocenters. The van der Waals surface area contributed by atoms with Crippen molar-refractivity contribution < 1.29 is 24.2 Å². The van der Waals surface area contributed by atoms with Crippen LogP contribution in [-0.4, -0.2) is 84.3 Å². The Hall–Kier alpha value is -2.77. The van der Waals surface area contributed by atoms with Gasteiger partial charge in [-0.1, -0.05) is 43.2 Å². The van der Waals surface area contributed by atoms with Gasteiger partial charge in [-0.3, -0.25) is 0 Å². The van der Waals surface area contributed by atoms with Crippen LogP contribution in [0.25, 0.3) is 0 Å². The van der Waals surface area contributed by atoms with Crippen molar-refractivity contribution in [2.45, 2.75) is 38.2 Å². The van der Waals surface area contributed by atoms with Gasteiger partial charge >= 0.3 is 18.1 Å². The summed E-state index contributed by atoms with van der Waals surface area (Å²) in [6.45, 7) is 2.13. The molecule has 1 saturated heterocycles. The van der Waals surface area contributed by atoms with Gasteiger partial charge in [-0.05, 0) is 18.4 Å². The van der Waals surface area contributed by atoms with Crippen LogP contribution in [0.1, 0.15) is 31.2 Å². The van der Waals surface area contributed by atoms with Crippen molar-refractivity contribution in [2.24, 2.45) is 0 Å². The molecule has 1 heterocycles. The molecule has 0 bridgehead atoms. The number of aliphatic carboxylic acids is 1. The van der Waals surface area contributed by atoms with Crippen LogP contribution in [0.15, 0.2) is 30.3 Å². The van der Waals surface area contributed by atoms with Crippen molar-refractivity contribution in [3.05, 3.63) is 35.9 Å². The van der Waals surface area contributed by atoms with Crippen molar-refractivity contribution in [3.8, 4) is 0 Å². The molecule has 3 amide bonds. The van der Waals surface area contributed by atoms with E-state index >= 15 is 0 Å². The molecular weight excluding hydrogens is 374 g/mol. The average molecular weight is 405 g/mol. The number of carbonyl (C=O) groups is 3. The van der Waals surface area contributed by atoms with Crippen LogP contribution in [-0.2, 0) is 16.0 Å². The number of urea groups is 1. The Bertz CT molecular complexity index is 674. The molecule has 0 saturated carbocycles. The number of likely N-dealkylation sites (N-methyl/N-ethyl adjacent to an activating group) is 2. The van der Waals surface area contributed by atoms with E-state index in [2.05, 4.69) is 0 Å². The number of nitrogens with zero attached hydrogens (tertiary/aromatic N) is 3. The highest BCUT2D eigenvalue weighted by molar-refractivity contribution is 5.77. The molecule has 0 spiro atoms. The summed E-state index contributed by atoms with van der Waals surface area (Å²) in [5.74, 6) is -1.19. The monoisotopic (exact) mass is 405 g/mol. The van der Waals surface area contributed by atoms with Gasteiger partial charge in [0.2, 0.25) is 6.10 Å². The van der Waals surface area contributed by atoms with Gasteiger partial charge in [0.1, 0.15) is 0 Å². The van der Waals surface area contributed by atoms with Gasteiger partial charge in [0, 0.05) is 46.7 Å². The minimum absolute atomic E-state index is 0.0406. The third kappa shape index (κ3) is 7.29. The SMILES string of the molecule is CN(CCN(C)C(=O)N1CCCCCC1)C(=O)O[C@@H](Cc1ccccc1)C(=O)O. The summed E-state index contributed by atoms with van der Waals surface area (Å²) >= 11 is 0. The zero-order valence-electron chi connectivity index (χ0n) is 17.2. The fraction of sp³-hybridized carbons (Fsp3) is 0.571. The molecule has 160 valence electrons. The molecule has 8 heteroatoms. The lowest BCUT2D eigenvalue weighted by molar-refractivity contribution is -0.147.